The van der Waals surface area contributed by atoms with E-state index in [1.165, 1.54) is 34.1 Å². The van der Waals surface area contributed by atoms with Crippen LogP contribution in [0.5, 0.6) is 0 Å². The Kier molecular flexibility index (Phi) is 11.5. The summed E-state index contributed by atoms with van der Waals surface area (Å²) in [6, 6.07) is 29.2. The standard InChI is InChI=1S/C39H41N5O7/c1-39(2,3)37(49)44-24-31(41-38(50)40-29-16-12-15-28(23-29)36(47)48)35(46)43(32-19-10-11-20-33(32)44)25-34(45)42(30-17-8-5-9-18-30)21-22-51-26-27-13-6-4-7-14-27/h4-20,23,31H,21-22,24-26H2,1-3H3,(H,47,48)(H2,40,41,50). The van der Waals surface area contributed by atoms with Crippen molar-refractivity contribution in [3.8, 4) is 0 Å². The lowest BCUT2D eigenvalue weighted by Gasteiger charge is -2.31. The number of ether oxygens (including phenoxy) is 1. The molecular weight excluding hydrogens is 650 g/mol. The average molecular weight is 692 g/mol. The molecule has 0 saturated carbocycles. The highest BCUT2D eigenvalue weighted by Crippen LogP contribution is 2.35. The molecule has 1 heterocycles. The first-order valence-electron chi connectivity index (χ1n) is 16.5. The number of hydrogen-bond donors (Lipinski definition) is 3. The minimum atomic E-state index is -1.28. The third-order valence-corrected chi connectivity index (χ3v) is 8.19. The number of para-hydroxylation sites is 3. The molecule has 3 N–H and O–H groups in total. The summed E-state index contributed by atoms with van der Waals surface area (Å²) >= 11 is 0. The van der Waals surface area contributed by atoms with E-state index in [1.807, 2.05) is 48.5 Å². The predicted molar refractivity (Wildman–Crippen MR) is 195 cm³/mol. The summed E-state index contributed by atoms with van der Waals surface area (Å²) in [6.45, 7) is 5.45. The molecule has 1 aliphatic heterocycles. The van der Waals surface area contributed by atoms with Crippen LogP contribution in [0.4, 0.5) is 27.5 Å². The molecule has 51 heavy (non-hydrogen) atoms. The van der Waals surface area contributed by atoms with Crippen molar-refractivity contribution in [2.24, 2.45) is 5.41 Å². The first-order chi connectivity index (χ1) is 24.4. The average Bonchev–Trinajstić information content (AvgIpc) is 3.22. The first-order valence-corrected chi connectivity index (χ1v) is 16.5. The molecule has 5 rings (SSSR count). The molecule has 0 radical (unpaired) electrons. The van der Waals surface area contributed by atoms with Crippen LogP contribution in [-0.2, 0) is 25.7 Å². The number of hydrogen-bond acceptors (Lipinski definition) is 6. The van der Waals surface area contributed by atoms with Crippen molar-refractivity contribution in [3.05, 3.63) is 120 Å². The molecule has 0 aromatic heterocycles. The van der Waals surface area contributed by atoms with Gasteiger partial charge >= 0.3 is 12.0 Å². The number of fused-ring (bicyclic) bond motifs is 1. The van der Waals surface area contributed by atoms with Gasteiger partial charge in [-0.3, -0.25) is 19.3 Å². The Balaban J connectivity index is 1.44. The van der Waals surface area contributed by atoms with Crippen molar-refractivity contribution in [2.75, 3.05) is 46.3 Å². The van der Waals surface area contributed by atoms with Gasteiger partial charge in [0.15, 0.2) is 0 Å². The fourth-order valence-electron chi connectivity index (χ4n) is 5.66. The molecule has 0 fully saturated rings. The van der Waals surface area contributed by atoms with Crippen LogP contribution in [0.1, 0.15) is 36.7 Å². The Morgan fingerprint density at radius 2 is 1.51 bits per heavy atom. The molecule has 12 heteroatoms. The van der Waals surface area contributed by atoms with Gasteiger partial charge in [-0.15, -0.1) is 0 Å². The topological polar surface area (TPSA) is 149 Å². The van der Waals surface area contributed by atoms with Gasteiger partial charge < -0.3 is 30.3 Å². The van der Waals surface area contributed by atoms with Crippen LogP contribution < -0.4 is 25.3 Å². The lowest BCUT2D eigenvalue weighted by molar-refractivity contribution is -0.126. The molecule has 1 atom stereocenters. The SMILES string of the molecule is CC(C)(C)C(=O)N1CC(NC(=O)Nc2cccc(C(=O)O)c2)C(=O)N(CC(=O)N(CCOCc2ccccc2)c2ccccc2)c2ccccc21. The van der Waals surface area contributed by atoms with Crippen molar-refractivity contribution >= 4 is 52.5 Å². The van der Waals surface area contributed by atoms with E-state index in [-0.39, 0.29) is 36.9 Å². The second kappa shape index (κ2) is 16.1. The molecule has 1 unspecified atom stereocenters. The van der Waals surface area contributed by atoms with Crippen molar-refractivity contribution in [2.45, 2.75) is 33.4 Å². The van der Waals surface area contributed by atoms with Crippen LogP contribution in [0, 0.1) is 5.41 Å². The molecule has 5 amide bonds. The number of carbonyl (C=O) groups is 5. The lowest BCUT2D eigenvalue weighted by Crippen LogP contribution is -2.56. The number of urea groups is 1. The molecule has 0 saturated heterocycles. The predicted octanol–water partition coefficient (Wildman–Crippen LogP) is 5.55. The largest absolute Gasteiger partial charge is 0.478 e. The Morgan fingerprint density at radius 3 is 2.18 bits per heavy atom. The van der Waals surface area contributed by atoms with E-state index >= 15 is 0 Å². The molecule has 0 aliphatic carbocycles. The summed E-state index contributed by atoms with van der Waals surface area (Å²) in [4.78, 5) is 71.6. The molecule has 4 aromatic rings. The maximum Gasteiger partial charge on any atom is 0.335 e. The third kappa shape index (κ3) is 9.17. The quantitative estimate of drug-likeness (QED) is 0.175. The maximum absolute atomic E-state index is 14.4. The minimum Gasteiger partial charge on any atom is -0.478 e. The van der Waals surface area contributed by atoms with Crippen LogP contribution in [0.3, 0.4) is 0 Å². The van der Waals surface area contributed by atoms with Crippen LogP contribution in [0.2, 0.25) is 0 Å². The second-order valence-electron chi connectivity index (χ2n) is 13.0. The Bertz CT molecular complexity index is 1880. The van der Waals surface area contributed by atoms with Crippen molar-refractivity contribution in [3.63, 3.8) is 0 Å². The number of carboxylic acids is 1. The van der Waals surface area contributed by atoms with E-state index < -0.39 is 41.8 Å². The molecule has 0 spiro atoms. The van der Waals surface area contributed by atoms with Crippen LogP contribution in [0.25, 0.3) is 0 Å². The molecule has 264 valence electrons. The van der Waals surface area contributed by atoms with Crippen LogP contribution >= 0.6 is 0 Å². The van der Waals surface area contributed by atoms with E-state index in [0.717, 1.165) is 5.56 Å². The summed E-state index contributed by atoms with van der Waals surface area (Å²) in [5, 5.41) is 14.6. The highest BCUT2D eigenvalue weighted by molar-refractivity contribution is 6.12. The Labute approximate surface area is 296 Å². The monoisotopic (exact) mass is 691 g/mol. The zero-order valence-corrected chi connectivity index (χ0v) is 28.7. The van der Waals surface area contributed by atoms with Gasteiger partial charge in [0.1, 0.15) is 12.6 Å². The second-order valence-corrected chi connectivity index (χ2v) is 13.0. The fraction of sp³-hybridized carbons (Fsp3) is 0.256. The fourth-order valence-corrected chi connectivity index (χ4v) is 5.66. The molecule has 0 bridgehead atoms. The third-order valence-electron chi connectivity index (χ3n) is 8.19. The number of aromatic carboxylic acids is 1. The van der Waals surface area contributed by atoms with Crippen molar-refractivity contribution in [1.82, 2.24) is 5.32 Å². The van der Waals surface area contributed by atoms with Crippen molar-refractivity contribution < 1.29 is 33.8 Å². The molecule has 12 nitrogen and oxygen atoms in total. The van der Waals surface area contributed by atoms with E-state index in [0.29, 0.717) is 23.7 Å². The van der Waals surface area contributed by atoms with E-state index in [4.69, 9.17) is 4.74 Å². The number of anilines is 4. The van der Waals surface area contributed by atoms with Gasteiger partial charge in [0, 0.05) is 23.3 Å². The zero-order valence-electron chi connectivity index (χ0n) is 28.7. The van der Waals surface area contributed by atoms with Gasteiger partial charge in [-0.05, 0) is 48.0 Å². The van der Waals surface area contributed by atoms with Crippen LogP contribution in [0.15, 0.2) is 109 Å². The summed E-state index contributed by atoms with van der Waals surface area (Å²) in [5.41, 5.74) is 1.66. The normalized spacial score (nSPS) is 14.3. The molecule has 1 aliphatic rings. The van der Waals surface area contributed by atoms with Gasteiger partial charge in [0.05, 0.1) is 36.7 Å². The molecular formula is C39H41N5O7. The number of carbonyl (C=O) groups excluding carboxylic acids is 4. The summed E-state index contributed by atoms with van der Waals surface area (Å²) in [7, 11) is 0. The smallest absolute Gasteiger partial charge is 0.335 e. The number of nitrogens with zero attached hydrogens (tertiary/aromatic N) is 3. The number of rotatable bonds is 11. The van der Waals surface area contributed by atoms with Gasteiger partial charge in [0.25, 0.3) is 5.91 Å². The summed E-state index contributed by atoms with van der Waals surface area (Å²) in [6.07, 6.45) is 0. The van der Waals surface area contributed by atoms with E-state index in [1.54, 1.807) is 62.1 Å². The maximum atomic E-state index is 14.4. The zero-order chi connectivity index (χ0) is 36.5. The number of benzene rings is 4. The lowest BCUT2D eigenvalue weighted by atomic mass is 9.94. The highest BCUT2D eigenvalue weighted by atomic mass is 16.5. The van der Waals surface area contributed by atoms with Gasteiger partial charge in [-0.1, -0.05) is 87.5 Å². The van der Waals surface area contributed by atoms with E-state index in [9.17, 15) is 29.1 Å². The molecule has 4 aromatic carbocycles. The summed E-state index contributed by atoms with van der Waals surface area (Å²) < 4.78 is 5.91. The van der Waals surface area contributed by atoms with Crippen LogP contribution in [-0.4, -0.2) is 67.1 Å². The summed E-state index contributed by atoms with van der Waals surface area (Å²) in [5.74, 6) is -2.47. The van der Waals surface area contributed by atoms with E-state index in [2.05, 4.69) is 10.6 Å². The number of carboxylic acid groups (broad SMARTS) is 1. The number of amides is 5. The Hall–Kier alpha value is -6.01. The van der Waals surface area contributed by atoms with Crippen molar-refractivity contribution in [1.29, 1.82) is 0 Å². The highest BCUT2D eigenvalue weighted by Gasteiger charge is 2.40. The minimum absolute atomic E-state index is 0.0335. The van der Waals surface area contributed by atoms with Gasteiger partial charge in [0.2, 0.25) is 11.8 Å². The number of nitrogens with one attached hydrogen (secondary N) is 2. The van der Waals surface area contributed by atoms with Gasteiger partial charge in [-0.25, -0.2) is 9.59 Å². The van der Waals surface area contributed by atoms with Gasteiger partial charge in [-0.2, -0.15) is 0 Å². The Morgan fingerprint density at radius 1 is 0.863 bits per heavy atom. The first kappa shape index (κ1) is 36.3.